The number of hydrogen-bond acceptors (Lipinski definition) is 1. The number of alkyl halides is 1. The summed E-state index contributed by atoms with van der Waals surface area (Å²) in [6.07, 6.45) is 0. The highest BCUT2D eigenvalue weighted by molar-refractivity contribution is 9.11. The Bertz CT molecular complexity index is 447. The molecule has 1 heterocycles. The van der Waals surface area contributed by atoms with Gasteiger partial charge >= 0.3 is 0 Å². The number of benzene rings is 1. The van der Waals surface area contributed by atoms with Crippen LogP contribution in [0.4, 0.5) is 0 Å². The first-order chi connectivity index (χ1) is 6.24. The minimum atomic E-state index is 0.587. The Labute approximate surface area is 94.7 Å². The molecule has 0 N–H and O–H groups in total. The van der Waals surface area contributed by atoms with E-state index in [2.05, 4.69) is 41.1 Å². The molecule has 0 aliphatic rings. The second kappa shape index (κ2) is 3.60. The molecule has 0 aliphatic carbocycles. The highest BCUT2D eigenvalue weighted by Gasteiger charge is 2.08. The Morgan fingerprint density at radius 2 is 2.23 bits per heavy atom. The van der Waals surface area contributed by atoms with Gasteiger partial charge in [0, 0.05) is 10.6 Å². The summed E-state index contributed by atoms with van der Waals surface area (Å²) in [6.45, 7) is 2.13. The zero-order valence-electron chi connectivity index (χ0n) is 7.10. The first-order valence-corrected chi connectivity index (χ1v) is 6.11. The molecule has 1 aromatic heterocycles. The quantitative estimate of drug-likeness (QED) is 0.661. The molecule has 1 aromatic carbocycles. The Balaban J connectivity index is 2.84. The van der Waals surface area contributed by atoms with E-state index in [4.69, 9.17) is 11.6 Å². The maximum Gasteiger partial charge on any atom is 0.0740 e. The maximum atomic E-state index is 5.86. The first-order valence-electron chi connectivity index (χ1n) is 3.96. The Morgan fingerprint density at radius 1 is 1.46 bits per heavy atom. The van der Waals surface area contributed by atoms with Crippen molar-refractivity contribution in [3.63, 3.8) is 0 Å². The normalized spacial score (nSPS) is 11.0. The predicted molar refractivity (Wildman–Crippen MR) is 63.8 cm³/mol. The molecule has 0 bridgehead atoms. The topological polar surface area (TPSA) is 0 Å². The number of thiophene rings is 1. The molecule has 2 aromatic rings. The first kappa shape index (κ1) is 9.50. The molecular formula is C10H8BrClS. The van der Waals surface area contributed by atoms with Crippen LogP contribution in [0.15, 0.2) is 22.0 Å². The average molecular weight is 276 g/mol. The number of hydrogen-bond donors (Lipinski definition) is 0. The fourth-order valence-corrected chi connectivity index (χ4v) is 3.42. The van der Waals surface area contributed by atoms with Crippen molar-refractivity contribution in [2.75, 3.05) is 0 Å². The summed E-state index contributed by atoms with van der Waals surface area (Å²) >= 11 is 11.2. The largest absolute Gasteiger partial charge is 0.128 e. The zero-order chi connectivity index (χ0) is 9.42. The zero-order valence-corrected chi connectivity index (χ0v) is 10.3. The van der Waals surface area contributed by atoms with E-state index in [1.165, 1.54) is 25.0 Å². The molecule has 0 aliphatic heterocycles. The van der Waals surface area contributed by atoms with Gasteiger partial charge in [-0.05, 0) is 39.4 Å². The molecule has 13 heavy (non-hydrogen) atoms. The average Bonchev–Trinajstić information content (AvgIpc) is 2.43. The standard InChI is InChI=1S/C10H8BrClS/c1-6-8-4-2-3-7(5-12)9(8)13-10(6)11/h2-4H,5H2,1H3. The molecule has 3 heteroatoms. The number of fused-ring (bicyclic) bond motifs is 1. The van der Waals surface area contributed by atoms with Crippen LogP contribution in [0, 0.1) is 6.92 Å². The van der Waals surface area contributed by atoms with Crippen LogP contribution < -0.4 is 0 Å². The molecule has 0 amide bonds. The predicted octanol–water partition coefficient (Wildman–Crippen LogP) is 4.71. The summed E-state index contributed by atoms with van der Waals surface area (Å²) in [5.41, 5.74) is 2.53. The molecule has 2 rings (SSSR count). The summed E-state index contributed by atoms with van der Waals surface area (Å²) in [7, 11) is 0. The molecule has 0 radical (unpaired) electrons. The summed E-state index contributed by atoms with van der Waals surface area (Å²) < 4.78 is 2.52. The number of halogens is 2. The van der Waals surface area contributed by atoms with Crippen LogP contribution in [0.5, 0.6) is 0 Å². The molecule has 0 fully saturated rings. The van der Waals surface area contributed by atoms with Crippen molar-refractivity contribution in [3.8, 4) is 0 Å². The fraction of sp³-hybridized carbons (Fsp3) is 0.200. The van der Waals surface area contributed by atoms with Crippen molar-refractivity contribution in [2.24, 2.45) is 0 Å². The van der Waals surface area contributed by atoms with Gasteiger partial charge < -0.3 is 0 Å². The van der Waals surface area contributed by atoms with Gasteiger partial charge in [0.2, 0.25) is 0 Å². The van der Waals surface area contributed by atoms with Crippen LogP contribution in [0.1, 0.15) is 11.1 Å². The maximum absolute atomic E-state index is 5.86. The minimum absolute atomic E-state index is 0.587. The van der Waals surface area contributed by atoms with Gasteiger partial charge in [-0.15, -0.1) is 22.9 Å². The van der Waals surface area contributed by atoms with Gasteiger partial charge in [-0.3, -0.25) is 0 Å². The van der Waals surface area contributed by atoms with Gasteiger partial charge in [0.1, 0.15) is 0 Å². The van der Waals surface area contributed by atoms with Crippen LogP contribution in [0.3, 0.4) is 0 Å². The molecule has 0 unspecified atom stereocenters. The minimum Gasteiger partial charge on any atom is -0.128 e. The molecule has 0 atom stereocenters. The Hall–Kier alpha value is -0.0500. The lowest BCUT2D eigenvalue weighted by molar-refractivity contribution is 1.46. The third kappa shape index (κ3) is 1.51. The van der Waals surface area contributed by atoms with Crippen molar-refractivity contribution >= 4 is 49.0 Å². The Kier molecular flexibility index (Phi) is 2.63. The van der Waals surface area contributed by atoms with E-state index in [0.717, 1.165) is 0 Å². The highest BCUT2D eigenvalue weighted by atomic mass is 79.9. The summed E-state index contributed by atoms with van der Waals surface area (Å²) in [6, 6.07) is 6.28. The molecule has 0 nitrogen and oxygen atoms in total. The lowest BCUT2D eigenvalue weighted by atomic mass is 10.1. The van der Waals surface area contributed by atoms with E-state index in [9.17, 15) is 0 Å². The van der Waals surface area contributed by atoms with E-state index < -0.39 is 0 Å². The van der Waals surface area contributed by atoms with Crippen LogP contribution in [-0.2, 0) is 5.88 Å². The molecule has 68 valence electrons. The van der Waals surface area contributed by atoms with Gasteiger partial charge in [-0.1, -0.05) is 18.2 Å². The monoisotopic (exact) mass is 274 g/mol. The Morgan fingerprint density at radius 3 is 2.92 bits per heavy atom. The SMILES string of the molecule is Cc1c(Br)sc2c(CCl)cccc12. The van der Waals surface area contributed by atoms with E-state index >= 15 is 0 Å². The van der Waals surface area contributed by atoms with Crippen molar-refractivity contribution in [1.29, 1.82) is 0 Å². The smallest absolute Gasteiger partial charge is 0.0740 e. The highest BCUT2D eigenvalue weighted by Crippen LogP contribution is 2.36. The van der Waals surface area contributed by atoms with Gasteiger partial charge in [-0.25, -0.2) is 0 Å². The van der Waals surface area contributed by atoms with Gasteiger partial charge in [0.15, 0.2) is 0 Å². The van der Waals surface area contributed by atoms with Gasteiger partial charge in [-0.2, -0.15) is 0 Å². The van der Waals surface area contributed by atoms with E-state index in [-0.39, 0.29) is 0 Å². The third-order valence-corrected chi connectivity index (χ3v) is 4.67. The molecule has 0 spiro atoms. The van der Waals surface area contributed by atoms with Crippen LogP contribution >= 0.6 is 38.9 Å². The second-order valence-electron chi connectivity index (χ2n) is 2.93. The van der Waals surface area contributed by atoms with Gasteiger partial charge in [0.25, 0.3) is 0 Å². The number of rotatable bonds is 1. The van der Waals surface area contributed by atoms with E-state index in [1.54, 1.807) is 11.3 Å². The lowest BCUT2D eigenvalue weighted by Crippen LogP contribution is -1.76. The molecular weight excluding hydrogens is 268 g/mol. The summed E-state index contributed by atoms with van der Waals surface area (Å²) in [5.74, 6) is 0.587. The van der Waals surface area contributed by atoms with E-state index in [0.29, 0.717) is 5.88 Å². The van der Waals surface area contributed by atoms with Crippen molar-refractivity contribution in [2.45, 2.75) is 12.8 Å². The summed E-state index contributed by atoms with van der Waals surface area (Å²) in [5, 5.41) is 1.31. The lowest BCUT2D eigenvalue weighted by Gasteiger charge is -1.96. The van der Waals surface area contributed by atoms with Gasteiger partial charge in [0.05, 0.1) is 3.79 Å². The van der Waals surface area contributed by atoms with Crippen LogP contribution in [0.2, 0.25) is 0 Å². The van der Waals surface area contributed by atoms with E-state index in [1.807, 2.05) is 0 Å². The van der Waals surface area contributed by atoms with Crippen molar-refractivity contribution in [1.82, 2.24) is 0 Å². The van der Waals surface area contributed by atoms with Crippen LogP contribution in [0.25, 0.3) is 10.1 Å². The summed E-state index contributed by atoms with van der Waals surface area (Å²) in [4.78, 5) is 0. The molecule has 0 saturated heterocycles. The third-order valence-electron chi connectivity index (χ3n) is 2.13. The van der Waals surface area contributed by atoms with Crippen molar-refractivity contribution in [3.05, 3.63) is 33.1 Å². The van der Waals surface area contributed by atoms with Crippen molar-refractivity contribution < 1.29 is 0 Å². The molecule has 0 saturated carbocycles. The fourth-order valence-electron chi connectivity index (χ4n) is 1.38. The number of aryl methyl sites for hydroxylation is 1. The van der Waals surface area contributed by atoms with Crippen LogP contribution in [-0.4, -0.2) is 0 Å². The second-order valence-corrected chi connectivity index (χ2v) is 5.53.